The minimum Gasteiger partial charge on any atom is -0.390 e. The maximum atomic E-state index is 9.42. The summed E-state index contributed by atoms with van der Waals surface area (Å²) < 4.78 is 0. The van der Waals surface area contributed by atoms with Gasteiger partial charge in [-0.1, -0.05) is 0 Å². The molecular weight excluding hydrogens is 144 g/mol. The van der Waals surface area contributed by atoms with Gasteiger partial charge in [0.25, 0.3) is 0 Å². The van der Waals surface area contributed by atoms with E-state index in [4.69, 9.17) is 0 Å². The van der Waals surface area contributed by atoms with Crippen LogP contribution >= 0.6 is 11.8 Å². The molecule has 1 fully saturated rings. The first-order chi connectivity index (χ1) is 4.77. The molecule has 0 unspecified atom stereocenters. The van der Waals surface area contributed by atoms with Crippen molar-refractivity contribution in [2.75, 3.05) is 12.0 Å². The minimum absolute atomic E-state index is 0.210. The zero-order valence-electron chi connectivity index (χ0n) is 6.60. The molecule has 0 atom stereocenters. The van der Waals surface area contributed by atoms with E-state index in [2.05, 4.69) is 6.26 Å². The van der Waals surface area contributed by atoms with Crippen LogP contribution in [0.4, 0.5) is 0 Å². The first-order valence-electron chi connectivity index (χ1n) is 3.98. The van der Waals surface area contributed by atoms with Gasteiger partial charge in [0.1, 0.15) is 0 Å². The molecule has 0 bridgehead atoms. The summed E-state index contributed by atoms with van der Waals surface area (Å²) in [5, 5.41) is 9.42. The third-order valence-corrected chi connectivity index (χ3v) is 2.76. The Morgan fingerprint density at radius 3 is 2.60 bits per heavy atom. The Hall–Kier alpha value is 0.310. The van der Waals surface area contributed by atoms with Crippen LogP contribution in [0.1, 0.15) is 32.1 Å². The third kappa shape index (κ3) is 2.93. The molecule has 0 amide bonds. The Morgan fingerprint density at radius 1 is 1.40 bits per heavy atom. The molecule has 0 radical (unpaired) electrons. The molecule has 1 aliphatic carbocycles. The van der Waals surface area contributed by atoms with Crippen molar-refractivity contribution in [1.82, 2.24) is 0 Å². The number of thioether (sulfide) groups is 1. The second-order valence-electron chi connectivity index (χ2n) is 3.17. The van der Waals surface area contributed by atoms with Crippen molar-refractivity contribution >= 4 is 11.8 Å². The van der Waals surface area contributed by atoms with E-state index >= 15 is 0 Å². The number of rotatable bonds is 5. The van der Waals surface area contributed by atoms with Gasteiger partial charge in [0.2, 0.25) is 0 Å². The normalized spacial score (nSPS) is 21.0. The molecule has 1 saturated carbocycles. The summed E-state index contributed by atoms with van der Waals surface area (Å²) in [7, 11) is 0. The summed E-state index contributed by atoms with van der Waals surface area (Å²) in [6, 6.07) is 0. The minimum atomic E-state index is -0.210. The van der Waals surface area contributed by atoms with Crippen molar-refractivity contribution in [3.8, 4) is 0 Å². The molecule has 1 rings (SSSR count). The molecule has 0 aromatic rings. The highest BCUT2D eigenvalue weighted by Crippen LogP contribution is 2.39. The van der Waals surface area contributed by atoms with E-state index in [0.717, 1.165) is 19.3 Å². The van der Waals surface area contributed by atoms with E-state index in [1.807, 2.05) is 11.8 Å². The molecule has 1 nitrogen and oxygen atoms in total. The van der Waals surface area contributed by atoms with Crippen molar-refractivity contribution in [3.63, 3.8) is 0 Å². The highest BCUT2D eigenvalue weighted by Gasteiger charge is 2.38. The lowest BCUT2D eigenvalue weighted by molar-refractivity contribution is 0.137. The SMILES string of the molecule is CSCCCCC1(O)CC1. The number of unbranched alkanes of at least 4 members (excludes halogenated alkanes) is 1. The van der Waals surface area contributed by atoms with E-state index in [-0.39, 0.29) is 5.60 Å². The van der Waals surface area contributed by atoms with Crippen LogP contribution in [0.5, 0.6) is 0 Å². The van der Waals surface area contributed by atoms with Gasteiger partial charge in [-0.2, -0.15) is 11.8 Å². The lowest BCUT2D eigenvalue weighted by Gasteiger charge is -2.04. The molecule has 0 saturated heterocycles. The van der Waals surface area contributed by atoms with E-state index < -0.39 is 0 Å². The summed E-state index contributed by atoms with van der Waals surface area (Å²) >= 11 is 1.89. The largest absolute Gasteiger partial charge is 0.390 e. The topological polar surface area (TPSA) is 20.2 Å². The second kappa shape index (κ2) is 3.63. The molecule has 60 valence electrons. The lowest BCUT2D eigenvalue weighted by atomic mass is 10.1. The van der Waals surface area contributed by atoms with E-state index in [9.17, 15) is 5.11 Å². The Kier molecular flexibility index (Phi) is 3.05. The summed E-state index contributed by atoms with van der Waals surface area (Å²) in [4.78, 5) is 0. The fraction of sp³-hybridized carbons (Fsp3) is 1.00. The average Bonchev–Trinajstić information content (AvgIpc) is 2.62. The van der Waals surface area contributed by atoms with Crippen LogP contribution in [-0.2, 0) is 0 Å². The first kappa shape index (κ1) is 8.41. The second-order valence-corrected chi connectivity index (χ2v) is 4.16. The Bertz CT molecular complexity index is 99.4. The van der Waals surface area contributed by atoms with Crippen LogP contribution in [-0.4, -0.2) is 22.7 Å². The monoisotopic (exact) mass is 160 g/mol. The molecule has 2 heteroatoms. The quantitative estimate of drug-likeness (QED) is 0.621. The summed E-state index contributed by atoms with van der Waals surface area (Å²) in [5.41, 5.74) is -0.210. The Morgan fingerprint density at radius 2 is 2.10 bits per heavy atom. The molecule has 10 heavy (non-hydrogen) atoms. The van der Waals surface area contributed by atoms with Crippen molar-refractivity contribution in [1.29, 1.82) is 0 Å². The van der Waals surface area contributed by atoms with Gasteiger partial charge in [-0.05, 0) is 44.1 Å². The van der Waals surface area contributed by atoms with Gasteiger partial charge in [-0.25, -0.2) is 0 Å². The molecular formula is C8H16OS. The van der Waals surface area contributed by atoms with Gasteiger partial charge in [0.15, 0.2) is 0 Å². The average molecular weight is 160 g/mol. The predicted molar refractivity (Wildman–Crippen MR) is 46.4 cm³/mol. The highest BCUT2D eigenvalue weighted by molar-refractivity contribution is 7.98. The summed E-state index contributed by atoms with van der Waals surface area (Å²) in [6.45, 7) is 0. The van der Waals surface area contributed by atoms with Crippen LogP contribution in [0.25, 0.3) is 0 Å². The Labute approximate surface area is 67.2 Å². The number of aliphatic hydroxyl groups is 1. The van der Waals surface area contributed by atoms with Gasteiger partial charge in [-0.3, -0.25) is 0 Å². The molecule has 1 aliphatic rings. The third-order valence-electron chi connectivity index (χ3n) is 2.07. The molecule has 0 aliphatic heterocycles. The van der Waals surface area contributed by atoms with Gasteiger partial charge < -0.3 is 5.11 Å². The van der Waals surface area contributed by atoms with Crippen molar-refractivity contribution in [3.05, 3.63) is 0 Å². The molecule has 0 aromatic heterocycles. The van der Waals surface area contributed by atoms with E-state index in [0.29, 0.717) is 0 Å². The van der Waals surface area contributed by atoms with Crippen LogP contribution in [0, 0.1) is 0 Å². The van der Waals surface area contributed by atoms with Gasteiger partial charge >= 0.3 is 0 Å². The maximum absolute atomic E-state index is 9.42. The van der Waals surface area contributed by atoms with Gasteiger partial charge in [0, 0.05) is 0 Å². The van der Waals surface area contributed by atoms with Crippen LogP contribution in [0.2, 0.25) is 0 Å². The zero-order valence-corrected chi connectivity index (χ0v) is 7.41. The smallest absolute Gasteiger partial charge is 0.0650 e. The zero-order chi connectivity index (χ0) is 7.45. The number of hydrogen-bond donors (Lipinski definition) is 1. The highest BCUT2D eigenvalue weighted by atomic mass is 32.2. The fourth-order valence-electron chi connectivity index (χ4n) is 1.09. The standard InChI is InChI=1S/C8H16OS/c1-10-7-3-2-4-8(9)5-6-8/h9H,2-7H2,1H3. The maximum Gasteiger partial charge on any atom is 0.0650 e. The molecule has 0 heterocycles. The van der Waals surface area contributed by atoms with Crippen LogP contribution < -0.4 is 0 Å². The lowest BCUT2D eigenvalue weighted by Crippen LogP contribution is -2.05. The van der Waals surface area contributed by atoms with Gasteiger partial charge in [0.05, 0.1) is 5.60 Å². The van der Waals surface area contributed by atoms with Crippen LogP contribution in [0.15, 0.2) is 0 Å². The van der Waals surface area contributed by atoms with Crippen LogP contribution in [0.3, 0.4) is 0 Å². The van der Waals surface area contributed by atoms with Crippen molar-refractivity contribution in [2.45, 2.75) is 37.7 Å². The molecule has 0 aromatic carbocycles. The van der Waals surface area contributed by atoms with Gasteiger partial charge in [-0.15, -0.1) is 0 Å². The predicted octanol–water partition coefficient (Wildman–Crippen LogP) is 2.04. The Balaban J connectivity index is 1.86. The van der Waals surface area contributed by atoms with E-state index in [1.54, 1.807) is 0 Å². The number of hydrogen-bond acceptors (Lipinski definition) is 2. The van der Waals surface area contributed by atoms with Crippen molar-refractivity contribution < 1.29 is 5.11 Å². The molecule has 1 N–H and O–H groups in total. The first-order valence-corrected chi connectivity index (χ1v) is 5.38. The fourth-order valence-corrected chi connectivity index (χ4v) is 1.59. The van der Waals surface area contributed by atoms with Crippen molar-refractivity contribution in [2.24, 2.45) is 0 Å². The molecule has 0 spiro atoms. The summed E-state index contributed by atoms with van der Waals surface area (Å²) in [6.07, 6.45) is 7.73. The van der Waals surface area contributed by atoms with E-state index in [1.165, 1.54) is 18.6 Å². The summed E-state index contributed by atoms with van der Waals surface area (Å²) in [5.74, 6) is 1.25.